The summed E-state index contributed by atoms with van der Waals surface area (Å²) < 4.78 is 0. The van der Waals surface area contributed by atoms with Gasteiger partial charge in [0.1, 0.15) is 0 Å². The van der Waals surface area contributed by atoms with Crippen molar-refractivity contribution in [2.45, 2.75) is 38.5 Å². The number of rotatable bonds is 0. The molecule has 2 saturated carbocycles. The summed E-state index contributed by atoms with van der Waals surface area (Å²) >= 11 is 0. The molecular weight excluding hydrogens is 134 g/mol. The van der Waals surface area contributed by atoms with Crippen molar-refractivity contribution < 1.29 is 0 Å². The predicted octanol–water partition coefficient (Wildman–Crippen LogP) is 2.73. The van der Waals surface area contributed by atoms with Crippen LogP contribution in [-0.2, 0) is 0 Å². The van der Waals surface area contributed by atoms with Gasteiger partial charge in [-0.2, -0.15) is 5.26 Å². The van der Waals surface area contributed by atoms with E-state index in [4.69, 9.17) is 5.26 Å². The Hall–Kier alpha value is -0.510. The molecule has 0 amide bonds. The Morgan fingerprint density at radius 1 is 0.909 bits per heavy atom. The lowest BCUT2D eigenvalue weighted by Crippen LogP contribution is -2.31. The molecule has 0 aromatic carbocycles. The zero-order valence-corrected chi connectivity index (χ0v) is 6.92. The molecule has 2 bridgehead atoms. The smallest absolute Gasteiger partial charge is 0.0661 e. The molecule has 1 heteroatoms. The van der Waals surface area contributed by atoms with E-state index in [1.54, 1.807) is 0 Å². The van der Waals surface area contributed by atoms with E-state index >= 15 is 0 Å². The lowest BCUT2D eigenvalue weighted by atomic mass is 9.65. The number of hydrogen-bond donors (Lipinski definition) is 0. The minimum atomic E-state index is 0.428. The van der Waals surface area contributed by atoms with Crippen molar-refractivity contribution in [3.63, 3.8) is 0 Å². The van der Waals surface area contributed by atoms with Crippen LogP contribution in [0.2, 0.25) is 0 Å². The molecule has 2 aliphatic carbocycles. The quantitative estimate of drug-likeness (QED) is 0.519. The Morgan fingerprint density at radius 3 is 1.64 bits per heavy atom. The molecule has 60 valence electrons. The molecule has 0 unspecified atom stereocenters. The fourth-order valence-corrected chi connectivity index (χ4v) is 2.89. The SMILES string of the molecule is N#CC1C2CCCC1CCC2. The van der Waals surface area contributed by atoms with Crippen LogP contribution in [0.3, 0.4) is 0 Å². The average Bonchev–Trinajstić information content (AvgIpc) is 2.03. The van der Waals surface area contributed by atoms with Gasteiger partial charge < -0.3 is 0 Å². The van der Waals surface area contributed by atoms with Crippen LogP contribution in [0.5, 0.6) is 0 Å². The summed E-state index contributed by atoms with van der Waals surface area (Å²) in [5.74, 6) is 1.97. The van der Waals surface area contributed by atoms with E-state index in [1.165, 1.54) is 38.5 Å². The molecule has 0 spiro atoms. The second-order valence-electron chi connectivity index (χ2n) is 4.04. The summed E-state index contributed by atoms with van der Waals surface area (Å²) in [7, 11) is 0. The van der Waals surface area contributed by atoms with E-state index in [1.807, 2.05) is 0 Å². The standard InChI is InChI=1S/C10H15N/c11-7-10-8-3-1-4-9(10)6-2-5-8/h8-10H,1-6H2. The number of hydrogen-bond acceptors (Lipinski definition) is 1. The van der Waals surface area contributed by atoms with Crippen molar-refractivity contribution in [2.75, 3.05) is 0 Å². The van der Waals surface area contributed by atoms with Crippen LogP contribution in [0.15, 0.2) is 0 Å². The van der Waals surface area contributed by atoms with Gasteiger partial charge in [0.05, 0.1) is 12.0 Å². The minimum absolute atomic E-state index is 0.428. The topological polar surface area (TPSA) is 23.8 Å². The van der Waals surface area contributed by atoms with Gasteiger partial charge >= 0.3 is 0 Å². The first-order chi connectivity index (χ1) is 5.42. The molecule has 0 N–H and O–H groups in total. The molecule has 0 heterocycles. The van der Waals surface area contributed by atoms with Crippen molar-refractivity contribution in [1.29, 1.82) is 5.26 Å². The molecule has 0 aliphatic heterocycles. The highest BCUT2D eigenvalue weighted by molar-refractivity contribution is 4.97. The third-order valence-electron chi connectivity index (χ3n) is 3.46. The fourth-order valence-electron chi connectivity index (χ4n) is 2.89. The maximum atomic E-state index is 8.95. The van der Waals surface area contributed by atoms with Crippen LogP contribution in [0.25, 0.3) is 0 Å². The Kier molecular flexibility index (Phi) is 1.85. The van der Waals surface area contributed by atoms with Gasteiger partial charge in [-0.1, -0.05) is 12.8 Å². The van der Waals surface area contributed by atoms with Crippen LogP contribution in [0.4, 0.5) is 0 Å². The van der Waals surface area contributed by atoms with E-state index in [2.05, 4.69) is 6.07 Å². The van der Waals surface area contributed by atoms with Gasteiger partial charge in [-0.05, 0) is 37.5 Å². The molecule has 2 rings (SSSR count). The number of nitrogens with zero attached hydrogens (tertiary/aromatic N) is 1. The normalized spacial score (nSPS) is 43.0. The largest absolute Gasteiger partial charge is 0.198 e. The molecule has 2 aliphatic rings. The van der Waals surface area contributed by atoms with Gasteiger partial charge in [0, 0.05) is 0 Å². The summed E-state index contributed by atoms with van der Waals surface area (Å²) in [5, 5.41) is 8.95. The molecule has 0 aromatic heterocycles. The van der Waals surface area contributed by atoms with Gasteiger partial charge in [-0.25, -0.2) is 0 Å². The molecule has 0 radical (unpaired) electrons. The van der Waals surface area contributed by atoms with E-state index in [0.717, 1.165) is 11.8 Å². The Morgan fingerprint density at radius 2 is 1.36 bits per heavy atom. The van der Waals surface area contributed by atoms with Crippen molar-refractivity contribution in [3.05, 3.63) is 0 Å². The fraction of sp³-hybridized carbons (Fsp3) is 0.900. The Labute approximate surface area is 68.4 Å². The summed E-state index contributed by atoms with van der Waals surface area (Å²) in [5.41, 5.74) is 0. The Balaban J connectivity index is 2.12. The van der Waals surface area contributed by atoms with Crippen LogP contribution >= 0.6 is 0 Å². The third kappa shape index (κ3) is 1.15. The monoisotopic (exact) mass is 149 g/mol. The highest BCUT2D eigenvalue weighted by Gasteiger charge is 2.35. The van der Waals surface area contributed by atoms with Crippen molar-refractivity contribution >= 4 is 0 Å². The molecule has 0 aromatic rings. The lowest BCUT2D eigenvalue weighted by Gasteiger charge is -2.38. The summed E-state index contributed by atoms with van der Waals surface area (Å²) in [6, 6.07) is 2.51. The van der Waals surface area contributed by atoms with Gasteiger partial charge in [-0.15, -0.1) is 0 Å². The molecular formula is C10H15N. The summed E-state index contributed by atoms with van der Waals surface area (Å²) in [6.07, 6.45) is 8.08. The minimum Gasteiger partial charge on any atom is -0.198 e. The lowest BCUT2D eigenvalue weighted by molar-refractivity contribution is 0.134. The average molecular weight is 149 g/mol. The van der Waals surface area contributed by atoms with Crippen LogP contribution < -0.4 is 0 Å². The maximum absolute atomic E-state index is 8.95. The van der Waals surface area contributed by atoms with E-state index < -0.39 is 0 Å². The summed E-state index contributed by atoms with van der Waals surface area (Å²) in [6.45, 7) is 0. The molecule has 0 saturated heterocycles. The molecule has 2 fully saturated rings. The van der Waals surface area contributed by atoms with Gasteiger partial charge in [0.2, 0.25) is 0 Å². The van der Waals surface area contributed by atoms with Gasteiger partial charge in [-0.3, -0.25) is 0 Å². The molecule has 0 atom stereocenters. The van der Waals surface area contributed by atoms with E-state index in [-0.39, 0.29) is 0 Å². The Bertz CT molecular complexity index is 158. The van der Waals surface area contributed by atoms with Crippen molar-refractivity contribution in [3.8, 4) is 6.07 Å². The maximum Gasteiger partial charge on any atom is 0.0661 e. The van der Waals surface area contributed by atoms with Crippen molar-refractivity contribution in [1.82, 2.24) is 0 Å². The van der Waals surface area contributed by atoms with Crippen LogP contribution in [0.1, 0.15) is 38.5 Å². The predicted molar refractivity (Wildman–Crippen MR) is 43.8 cm³/mol. The highest BCUT2D eigenvalue weighted by Crippen LogP contribution is 2.43. The van der Waals surface area contributed by atoms with E-state index in [9.17, 15) is 0 Å². The number of fused-ring (bicyclic) bond motifs is 2. The first kappa shape index (κ1) is 7.16. The third-order valence-corrected chi connectivity index (χ3v) is 3.46. The molecule has 1 nitrogen and oxygen atoms in total. The van der Waals surface area contributed by atoms with Gasteiger partial charge in [0.15, 0.2) is 0 Å². The number of nitriles is 1. The van der Waals surface area contributed by atoms with Crippen LogP contribution in [0, 0.1) is 29.1 Å². The zero-order chi connectivity index (χ0) is 7.68. The van der Waals surface area contributed by atoms with Crippen LogP contribution in [-0.4, -0.2) is 0 Å². The first-order valence-corrected chi connectivity index (χ1v) is 4.81. The first-order valence-electron chi connectivity index (χ1n) is 4.81. The zero-order valence-electron chi connectivity index (χ0n) is 6.92. The molecule has 11 heavy (non-hydrogen) atoms. The highest BCUT2D eigenvalue weighted by atomic mass is 14.4. The second-order valence-corrected chi connectivity index (χ2v) is 4.04. The second kappa shape index (κ2) is 2.85. The van der Waals surface area contributed by atoms with Gasteiger partial charge in [0.25, 0.3) is 0 Å². The van der Waals surface area contributed by atoms with Crippen molar-refractivity contribution in [2.24, 2.45) is 17.8 Å². The summed E-state index contributed by atoms with van der Waals surface area (Å²) in [4.78, 5) is 0. The van der Waals surface area contributed by atoms with E-state index in [0.29, 0.717) is 5.92 Å².